The number of rotatable bonds is 1. The normalized spacial score (nSPS) is 22.0. The van der Waals surface area contributed by atoms with Crippen LogP contribution in [0.5, 0.6) is 0 Å². The van der Waals surface area contributed by atoms with E-state index in [9.17, 15) is 14.4 Å². The Morgan fingerprint density at radius 1 is 1.17 bits per heavy atom. The van der Waals surface area contributed by atoms with Gasteiger partial charge >= 0.3 is 25.0 Å². The van der Waals surface area contributed by atoms with Crippen molar-refractivity contribution in [1.82, 2.24) is 4.90 Å². The van der Waals surface area contributed by atoms with Gasteiger partial charge in [0, 0.05) is 15.5 Å². The second kappa shape index (κ2) is 5.97. The molecular weight excluding hydrogens is 369 g/mol. The quantitative estimate of drug-likeness (QED) is 0.514. The van der Waals surface area contributed by atoms with Crippen LogP contribution in [0.25, 0.3) is 0 Å². The minimum Gasteiger partial charge on any atom is -0.494 e. The zero-order chi connectivity index (χ0) is 16.7. The molecule has 120 valence electrons. The summed E-state index contributed by atoms with van der Waals surface area (Å²) in [6, 6.07) is 3.29. The number of benzene rings is 1. The first-order valence-electron chi connectivity index (χ1n) is 6.97. The maximum atomic E-state index is 12.0. The van der Waals surface area contributed by atoms with Crippen molar-refractivity contribution in [2.45, 2.75) is 13.0 Å². The van der Waals surface area contributed by atoms with Gasteiger partial charge < -0.3 is 14.0 Å². The predicted octanol–water partition coefficient (Wildman–Crippen LogP) is 0.407. The number of cyclic esters (lactones) is 1. The Morgan fingerprint density at radius 2 is 1.78 bits per heavy atom. The summed E-state index contributed by atoms with van der Waals surface area (Å²) in [5.74, 6) is -1.50. The van der Waals surface area contributed by atoms with Gasteiger partial charge in [-0.3, -0.25) is 14.5 Å². The first-order chi connectivity index (χ1) is 10.9. The zero-order valence-corrected chi connectivity index (χ0v) is 14.1. The van der Waals surface area contributed by atoms with Crippen LogP contribution in [0.1, 0.15) is 28.9 Å². The van der Waals surface area contributed by atoms with Crippen molar-refractivity contribution in [3.8, 4) is 0 Å². The molecule has 7 nitrogen and oxygen atoms in total. The van der Waals surface area contributed by atoms with E-state index in [1.54, 1.807) is 26.1 Å². The van der Waals surface area contributed by atoms with Gasteiger partial charge in [0.15, 0.2) is 0 Å². The third-order valence-electron chi connectivity index (χ3n) is 3.65. The second-order valence-electron chi connectivity index (χ2n) is 5.46. The summed E-state index contributed by atoms with van der Waals surface area (Å²) in [6.07, 6.45) is -0.518. The van der Waals surface area contributed by atoms with Gasteiger partial charge in [-0.1, -0.05) is 6.07 Å². The topological polar surface area (TPSA) is 82.1 Å². The van der Waals surface area contributed by atoms with E-state index in [4.69, 9.17) is 14.0 Å². The summed E-state index contributed by atoms with van der Waals surface area (Å²) in [6.45, 7) is 1.67. The summed E-state index contributed by atoms with van der Waals surface area (Å²) in [4.78, 5) is 37.2. The van der Waals surface area contributed by atoms with Crippen molar-refractivity contribution >= 4 is 46.4 Å². The summed E-state index contributed by atoms with van der Waals surface area (Å²) in [7, 11) is 0.428. The van der Waals surface area contributed by atoms with Crippen LogP contribution < -0.4 is 5.46 Å². The number of esters is 1. The fourth-order valence-electron chi connectivity index (χ4n) is 2.70. The molecule has 9 heteroatoms. The fraction of sp³-hybridized carbons (Fsp3) is 0.357. The number of likely N-dealkylation sites (N-methyl/N-ethyl adjacent to an activating group) is 1. The molecule has 1 atom stereocenters. The van der Waals surface area contributed by atoms with Crippen LogP contribution in [-0.2, 0) is 23.6 Å². The fourth-order valence-corrected chi connectivity index (χ4v) is 3.21. The molecule has 1 fully saturated rings. The number of carbonyl (C=O) groups excluding carboxylic acids is 3. The maximum absolute atomic E-state index is 12.0. The molecule has 2 aliphatic heterocycles. The number of hydrogen-bond donors (Lipinski definition) is 0. The van der Waals surface area contributed by atoms with Crippen molar-refractivity contribution in [1.29, 1.82) is 0 Å². The van der Waals surface area contributed by atoms with Gasteiger partial charge in [0.05, 0.1) is 18.7 Å². The van der Waals surface area contributed by atoms with E-state index < -0.39 is 31.1 Å². The van der Waals surface area contributed by atoms with Crippen LogP contribution in [0, 0.1) is 0 Å². The average Bonchev–Trinajstić information content (AvgIpc) is 2.73. The van der Waals surface area contributed by atoms with Crippen molar-refractivity contribution in [2.24, 2.45) is 0 Å². The smallest absolute Gasteiger partial charge is 0.494 e. The van der Waals surface area contributed by atoms with Crippen LogP contribution in [0.15, 0.2) is 16.6 Å². The first kappa shape index (κ1) is 16.0. The van der Waals surface area contributed by atoms with E-state index in [1.165, 1.54) is 4.90 Å². The van der Waals surface area contributed by atoms with E-state index in [0.717, 1.165) is 0 Å². The van der Waals surface area contributed by atoms with Gasteiger partial charge in [-0.15, -0.1) is 0 Å². The monoisotopic (exact) mass is 381 g/mol. The predicted molar refractivity (Wildman–Crippen MR) is 83.0 cm³/mol. The van der Waals surface area contributed by atoms with Crippen LogP contribution in [0.4, 0.5) is 0 Å². The van der Waals surface area contributed by atoms with Crippen molar-refractivity contribution in [2.75, 3.05) is 20.1 Å². The number of halogens is 1. The highest BCUT2D eigenvalue weighted by Gasteiger charge is 2.41. The third kappa shape index (κ3) is 2.98. The maximum Gasteiger partial charge on any atom is 0.636 e. The van der Waals surface area contributed by atoms with Crippen molar-refractivity contribution in [3.63, 3.8) is 0 Å². The Morgan fingerprint density at radius 3 is 2.39 bits per heavy atom. The van der Waals surface area contributed by atoms with Gasteiger partial charge in [-0.05, 0) is 36.0 Å². The van der Waals surface area contributed by atoms with Crippen LogP contribution in [0.3, 0.4) is 0 Å². The van der Waals surface area contributed by atoms with Gasteiger partial charge in [0.25, 0.3) is 0 Å². The Balaban J connectivity index is 2.03. The number of fused-ring (bicyclic) bond motifs is 1. The molecule has 23 heavy (non-hydrogen) atoms. The molecule has 0 saturated carbocycles. The van der Waals surface area contributed by atoms with E-state index >= 15 is 0 Å². The molecule has 0 N–H and O–H groups in total. The Kier molecular flexibility index (Phi) is 4.16. The van der Waals surface area contributed by atoms with Gasteiger partial charge in [-0.25, -0.2) is 4.79 Å². The third-order valence-corrected chi connectivity index (χ3v) is 4.31. The van der Waals surface area contributed by atoms with E-state index in [2.05, 4.69) is 15.9 Å². The lowest BCUT2D eigenvalue weighted by molar-refractivity contribution is -0.145. The second-order valence-corrected chi connectivity index (χ2v) is 6.31. The molecule has 0 aliphatic carbocycles. The molecule has 0 spiro atoms. The molecule has 1 unspecified atom stereocenters. The zero-order valence-electron chi connectivity index (χ0n) is 12.5. The van der Waals surface area contributed by atoms with Crippen LogP contribution in [-0.4, -0.2) is 50.1 Å². The van der Waals surface area contributed by atoms with Crippen molar-refractivity contribution in [3.05, 3.63) is 27.7 Å². The minimum absolute atomic E-state index is 0.0185. The minimum atomic E-state index is -1.19. The Bertz CT molecular complexity index is 689. The molecular formula is C14H13BBrNO6. The molecule has 0 radical (unpaired) electrons. The highest BCUT2D eigenvalue weighted by Crippen LogP contribution is 2.34. The summed E-state index contributed by atoms with van der Waals surface area (Å²) in [5.41, 5.74) is 1.36. The molecule has 3 rings (SSSR count). The Labute approximate surface area is 141 Å². The van der Waals surface area contributed by atoms with Crippen LogP contribution >= 0.6 is 15.9 Å². The molecule has 0 amide bonds. The van der Waals surface area contributed by atoms with Crippen molar-refractivity contribution < 1.29 is 28.4 Å². The molecule has 2 aliphatic rings. The number of hydrogen-bond acceptors (Lipinski definition) is 7. The summed E-state index contributed by atoms with van der Waals surface area (Å²) in [5, 5.41) is 0. The summed E-state index contributed by atoms with van der Waals surface area (Å²) >= 11 is 3.31. The lowest BCUT2D eigenvalue weighted by Crippen LogP contribution is -2.49. The summed E-state index contributed by atoms with van der Waals surface area (Å²) < 4.78 is 16.3. The number of ether oxygens (including phenoxy) is 1. The molecule has 1 aromatic carbocycles. The largest absolute Gasteiger partial charge is 0.636 e. The van der Waals surface area contributed by atoms with E-state index in [1.807, 2.05) is 0 Å². The van der Waals surface area contributed by atoms with Gasteiger partial charge in [0.2, 0.25) is 0 Å². The number of carbonyl (C=O) groups is 3. The number of nitrogens with zero attached hydrogens (tertiary/aromatic N) is 1. The molecule has 0 bridgehead atoms. The standard InChI is InChI=1S/C14H13BBrNO6/c1-7-12-8(3-4-9(16)13(12)14(20)21-7)15-22-10(18)5-17(2)6-11(19)23-15/h3-4,7H,5-6H2,1-2H3. The average molecular weight is 382 g/mol. The van der Waals surface area contributed by atoms with Crippen LogP contribution in [0.2, 0.25) is 0 Å². The highest BCUT2D eigenvalue weighted by molar-refractivity contribution is 9.10. The molecule has 0 aromatic heterocycles. The first-order valence-corrected chi connectivity index (χ1v) is 7.77. The van der Waals surface area contributed by atoms with E-state index in [-0.39, 0.29) is 13.1 Å². The van der Waals surface area contributed by atoms with Gasteiger partial charge in [-0.2, -0.15) is 0 Å². The Hall–Kier alpha value is -1.87. The molecule has 1 aromatic rings. The van der Waals surface area contributed by atoms with Gasteiger partial charge in [0.1, 0.15) is 6.10 Å². The lowest BCUT2D eigenvalue weighted by Gasteiger charge is -2.23. The lowest BCUT2D eigenvalue weighted by atomic mass is 9.73. The SMILES string of the molecule is CC1OC(=O)c2c(Br)ccc(B3OC(=O)CN(C)CC(=O)O3)c21. The molecule has 1 saturated heterocycles. The van der Waals surface area contributed by atoms with E-state index in [0.29, 0.717) is 21.1 Å². The highest BCUT2D eigenvalue weighted by atomic mass is 79.9. The molecule has 2 heterocycles.